The van der Waals surface area contributed by atoms with E-state index in [-0.39, 0.29) is 5.91 Å². The van der Waals surface area contributed by atoms with Crippen LogP contribution in [0.3, 0.4) is 0 Å². The zero-order valence-electron chi connectivity index (χ0n) is 10.4. The Labute approximate surface area is 124 Å². The summed E-state index contributed by atoms with van der Waals surface area (Å²) in [5.74, 6) is 0.0807. The number of likely N-dealkylation sites (tertiary alicyclic amines) is 1. The quantitative estimate of drug-likeness (QED) is 0.832. The van der Waals surface area contributed by atoms with Crippen LogP contribution in [0.1, 0.15) is 18.4 Å². The highest BCUT2D eigenvalue weighted by Gasteiger charge is 2.19. The van der Waals surface area contributed by atoms with Crippen molar-refractivity contribution in [1.82, 2.24) is 0 Å². The van der Waals surface area contributed by atoms with Gasteiger partial charge in [0.15, 0.2) is 6.54 Å². The molecule has 1 aliphatic heterocycles. The summed E-state index contributed by atoms with van der Waals surface area (Å²) in [5, 5.41) is 2.98. The monoisotopic (exact) mass is 375 g/mol. The molecule has 0 radical (unpaired) electrons. The predicted molar refractivity (Wildman–Crippen MR) is 80.0 cm³/mol. The molecule has 98 valence electrons. The first-order valence-corrected chi connectivity index (χ1v) is 7.74. The number of benzene rings is 1. The van der Waals surface area contributed by atoms with Crippen LogP contribution in [0.25, 0.3) is 0 Å². The van der Waals surface area contributed by atoms with Gasteiger partial charge in [-0.05, 0) is 56.5 Å². The lowest BCUT2D eigenvalue weighted by Crippen LogP contribution is -3.11. The maximum Gasteiger partial charge on any atom is 0.279 e. The summed E-state index contributed by atoms with van der Waals surface area (Å²) in [6.07, 6.45) is 2.47. The Morgan fingerprint density at radius 2 is 1.83 bits per heavy atom. The summed E-state index contributed by atoms with van der Waals surface area (Å²) in [6.45, 7) is 4.82. The number of hydrogen-bond acceptors (Lipinski definition) is 1. The van der Waals surface area contributed by atoms with Crippen molar-refractivity contribution in [1.29, 1.82) is 0 Å². The van der Waals surface area contributed by atoms with Crippen molar-refractivity contribution in [2.75, 3.05) is 25.0 Å². The van der Waals surface area contributed by atoms with E-state index >= 15 is 0 Å². The van der Waals surface area contributed by atoms with Gasteiger partial charge < -0.3 is 10.2 Å². The van der Waals surface area contributed by atoms with Crippen molar-refractivity contribution in [3.63, 3.8) is 0 Å². The molecule has 1 heterocycles. The van der Waals surface area contributed by atoms with E-state index in [2.05, 4.69) is 37.2 Å². The van der Waals surface area contributed by atoms with Crippen LogP contribution in [-0.2, 0) is 4.79 Å². The van der Waals surface area contributed by atoms with E-state index in [9.17, 15) is 4.79 Å². The van der Waals surface area contributed by atoms with Gasteiger partial charge in [0, 0.05) is 21.8 Å². The number of anilines is 1. The lowest BCUT2D eigenvalue weighted by Gasteiger charge is -2.14. The third-order valence-corrected chi connectivity index (χ3v) is 4.42. The molecule has 3 nitrogen and oxygen atoms in total. The minimum atomic E-state index is 0.0807. The first-order chi connectivity index (χ1) is 8.56. The van der Waals surface area contributed by atoms with Gasteiger partial charge in [-0.15, -0.1) is 0 Å². The maximum atomic E-state index is 12.0. The van der Waals surface area contributed by atoms with Crippen molar-refractivity contribution in [3.8, 4) is 0 Å². The molecule has 2 rings (SSSR count). The molecule has 0 spiro atoms. The molecule has 0 aliphatic carbocycles. The molecule has 2 N–H and O–H groups in total. The third-order valence-electron chi connectivity index (χ3n) is 3.17. The van der Waals surface area contributed by atoms with E-state index < -0.39 is 0 Å². The molecule has 1 fully saturated rings. The largest absolute Gasteiger partial charge is 0.327 e. The van der Waals surface area contributed by atoms with Crippen LogP contribution in [-0.4, -0.2) is 25.5 Å². The number of amides is 1. The molecular weight excluding hydrogens is 360 g/mol. The highest BCUT2D eigenvalue weighted by molar-refractivity contribution is 9.11. The van der Waals surface area contributed by atoms with E-state index in [0.717, 1.165) is 33.3 Å². The number of halogens is 2. The molecule has 1 aromatic rings. The molecule has 1 saturated heterocycles. The average molecular weight is 377 g/mol. The summed E-state index contributed by atoms with van der Waals surface area (Å²) < 4.78 is 1.83. The van der Waals surface area contributed by atoms with Gasteiger partial charge in [0.05, 0.1) is 18.8 Å². The summed E-state index contributed by atoms with van der Waals surface area (Å²) in [7, 11) is 0. The maximum absolute atomic E-state index is 12.0. The molecular formula is C13H17Br2N2O+. The zero-order chi connectivity index (χ0) is 13.1. The van der Waals surface area contributed by atoms with Gasteiger partial charge in [-0.1, -0.05) is 0 Å². The molecule has 0 saturated carbocycles. The second kappa shape index (κ2) is 6.17. The predicted octanol–water partition coefficient (Wildman–Crippen LogP) is 2.14. The highest BCUT2D eigenvalue weighted by atomic mass is 79.9. The Balaban J connectivity index is 2.02. The standard InChI is InChI=1S/C13H16Br2N2O/c1-9-6-10(14)13(11(15)7-9)16-12(18)8-17-4-2-3-5-17/h6-7H,2-5,8H2,1H3,(H,16,18)/p+1. The highest BCUT2D eigenvalue weighted by Crippen LogP contribution is 2.32. The van der Waals surface area contributed by atoms with Crippen LogP contribution >= 0.6 is 31.9 Å². The smallest absolute Gasteiger partial charge is 0.279 e. The van der Waals surface area contributed by atoms with Gasteiger partial charge in [-0.25, -0.2) is 0 Å². The van der Waals surface area contributed by atoms with Crippen molar-refractivity contribution in [2.45, 2.75) is 19.8 Å². The van der Waals surface area contributed by atoms with Crippen molar-refractivity contribution >= 4 is 43.5 Å². The summed E-state index contributed by atoms with van der Waals surface area (Å²) in [5.41, 5.74) is 1.97. The lowest BCUT2D eigenvalue weighted by molar-refractivity contribution is -0.878. The van der Waals surface area contributed by atoms with E-state index in [1.165, 1.54) is 17.7 Å². The van der Waals surface area contributed by atoms with Crippen molar-refractivity contribution in [2.24, 2.45) is 0 Å². The second-order valence-electron chi connectivity index (χ2n) is 4.79. The fraction of sp³-hybridized carbons (Fsp3) is 0.462. The van der Waals surface area contributed by atoms with Crippen LogP contribution in [0.15, 0.2) is 21.1 Å². The Kier molecular flexibility index (Phi) is 4.81. The molecule has 0 atom stereocenters. The van der Waals surface area contributed by atoms with Gasteiger partial charge >= 0.3 is 0 Å². The van der Waals surface area contributed by atoms with Crippen LogP contribution in [0.2, 0.25) is 0 Å². The van der Waals surface area contributed by atoms with Gasteiger partial charge in [0.2, 0.25) is 0 Å². The first kappa shape index (κ1) is 14.0. The van der Waals surface area contributed by atoms with E-state index in [4.69, 9.17) is 0 Å². The molecule has 0 bridgehead atoms. The lowest BCUT2D eigenvalue weighted by atomic mass is 10.2. The van der Waals surface area contributed by atoms with Crippen LogP contribution in [0.5, 0.6) is 0 Å². The molecule has 18 heavy (non-hydrogen) atoms. The summed E-state index contributed by atoms with van der Waals surface area (Å²) in [6, 6.07) is 4.01. The Bertz CT molecular complexity index is 433. The minimum Gasteiger partial charge on any atom is -0.327 e. The van der Waals surface area contributed by atoms with Crippen molar-refractivity contribution in [3.05, 3.63) is 26.6 Å². The number of rotatable bonds is 3. The Morgan fingerprint density at radius 1 is 1.28 bits per heavy atom. The average Bonchev–Trinajstić information content (AvgIpc) is 2.76. The minimum absolute atomic E-state index is 0.0807. The molecule has 1 aliphatic rings. The fourth-order valence-electron chi connectivity index (χ4n) is 2.28. The van der Waals surface area contributed by atoms with Crippen LogP contribution in [0.4, 0.5) is 5.69 Å². The Hall–Kier alpha value is -0.390. The fourth-order valence-corrected chi connectivity index (χ4v) is 3.90. The third kappa shape index (κ3) is 3.56. The van der Waals surface area contributed by atoms with Gasteiger partial charge in [0.25, 0.3) is 5.91 Å². The molecule has 0 unspecified atom stereocenters. The number of carbonyl (C=O) groups excluding carboxylic acids is 1. The van der Waals surface area contributed by atoms with Crippen LogP contribution in [0, 0.1) is 6.92 Å². The number of aryl methyl sites for hydroxylation is 1. The van der Waals surface area contributed by atoms with E-state index in [0.29, 0.717) is 6.54 Å². The molecule has 1 amide bonds. The second-order valence-corrected chi connectivity index (χ2v) is 6.49. The van der Waals surface area contributed by atoms with Gasteiger partial charge in [0.1, 0.15) is 0 Å². The number of nitrogens with one attached hydrogen (secondary N) is 2. The topological polar surface area (TPSA) is 33.5 Å². The molecule has 0 aromatic heterocycles. The summed E-state index contributed by atoms with van der Waals surface area (Å²) in [4.78, 5) is 13.4. The normalized spacial score (nSPS) is 15.9. The first-order valence-electron chi connectivity index (χ1n) is 6.15. The molecule has 5 heteroatoms. The van der Waals surface area contributed by atoms with Gasteiger partial charge in [-0.3, -0.25) is 4.79 Å². The number of quaternary nitrogens is 1. The number of carbonyl (C=O) groups is 1. The van der Waals surface area contributed by atoms with E-state index in [1.54, 1.807) is 0 Å². The SMILES string of the molecule is Cc1cc(Br)c(NC(=O)C[NH+]2CCCC2)c(Br)c1. The zero-order valence-corrected chi connectivity index (χ0v) is 13.5. The Morgan fingerprint density at radius 3 is 2.39 bits per heavy atom. The number of hydrogen-bond donors (Lipinski definition) is 2. The van der Waals surface area contributed by atoms with Gasteiger partial charge in [-0.2, -0.15) is 0 Å². The van der Waals surface area contributed by atoms with E-state index in [1.807, 2.05) is 19.1 Å². The molecule has 1 aromatic carbocycles. The summed E-state index contributed by atoms with van der Waals surface area (Å²) >= 11 is 6.98. The van der Waals surface area contributed by atoms with Crippen LogP contribution < -0.4 is 10.2 Å². The van der Waals surface area contributed by atoms with Crippen molar-refractivity contribution < 1.29 is 9.69 Å².